The number of carbonyl (C=O) groups excluding carboxylic acids is 4. The van der Waals surface area contributed by atoms with E-state index in [9.17, 15) is 45.5 Å². The standard InChI is InChI=1S/2C26H24F3N7O3S.CH4/c2*27-26(28,29)39-20-9-5-6-17(14-20)15-22(37)31-21-12-11-18(33-34-21)7-1-2-10-24-35-36-25(40-24)32-23(38)16-19-8-3-4-13-30-19;/h2*3-6,8-9,11-14H,1-2,7,10,15-16H2,(H,31,34,37)(H,32,36,38);1H4. The van der Waals surface area contributed by atoms with Gasteiger partial charge in [0.2, 0.25) is 33.9 Å². The highest BCUT2D eigenvalue weighted by Crippen LogP contribution is 2.26. The van der Waals surface area contributed by atoms with Gasteiger partial charge in [-0.05, 0) is 122 Å². The number of hydrogen-bond donors (Lipinski definition) is 4. The molecule has 0 bridgehead atoms. The zero-order chi connectivity index (χ0) is 56.7. The number of hydrogen-bond acceptors (Lipinski definition) is 18. The molecule has 0 aliphatic rings. The third-order valence-corrected chi connectivity index (χ3v) is 12.5. The Kier molecular flexibility index (Phi) is 23.0. The molecule has 0 saturated heterocycles. The Morgan fingerprint density at radius 3 is 1.20 bits per heavy atom. The van der Waals surface area contributed by atoms with Gasteiger partial charge in [0.25, 0.3) is 0 Å². The first-order chi connectivity index (χ1) is 38.4. The second kappa shape index (κ2) is 30.4. The maximum atomic E-state index is 12.4. The summed E-state index contributed by atoms with van der Waals surface area (Å²) in [5.41, 5.74) is 3.56. The molecule has 0 saturated carbocycles. The van der Waals surface area contributed by atoms with Gasteiger partial charge in [0.15, 0.2) is 11.6 Å². The lowest BCUT2D eigenvalue weighted by Crippen LogP contribution is -2.18. The number of aromatic nitrogens is 10. The lowest BCUT2D eigenvalue weighted by atomic mass is 10.1. The highest BCUT2D eigenvalue weighted by atomic mass is 32.1. The predicted octanol–water partition coefficient (Wildman–Crippen LogP) is 9.74. The van der Waals surface area contributed by atoms with Crippen molar-refractivity contribution in [3.63, 3.8) is 0 Å². The van der Waals surface area contributed by atoms with E-state index in [4.69, 9.17) is 0 Å². The van der Waals surface area contributed by atoms with Crippen LogP contribution in [0.3, 0.4) is 0 Å². The van der Waals surface area contributed by atoms with E-state index in [-0.39, 0.29) is 56.6 Å². The van der Waals surface area contributed by atoms with E-state index in [0.29, 0.717) is 58.5 Å². The number of aryl methyl sites for hydroxylation is 4. The summed E-state index contributed by atoms with van der Waals surface area (Å²) >= 11 is 2.66. The Hall–Kier alpha value is -8.92. The summed E-state index contributed by atoms with van der Waals surface area (Å²) in [6.07, 6.45) is -0.305. The lowest BCUT2D eigenvalue weighted by Gasteiger charge is -2.10. The van der Waals surface area contributed by atoms with Crippen LogP contribution in [0.15, 0.2) is 122 Å². The molecule has 0 unspecified atom stereocenters. The molecule has 6 aromatic heterocycles. The second-order valence-electron chi connectivity index (χ2n) is 17.2. The fourth-order valence-corrected chi connectivity index (χ4v) is 8.80. The number of alkyl halides is 6. The van der Waals surface area contributed by atoms with E-state index in [1.165, 1.54) is 46.9 Å². The van der Waals surface area contributed by atoms with Crippen molar-refractivity contribution in [1.29, 1.82) is 0 Å². The van der Waals surface area contributed by atoms with E-state index >= 15 is 0 Å². The van der Waals surface area contributed by atoms with Gasteiger partial charge >= 0.3 is 12.7 Å². The minimum absolute atomic E-state index is 0. The number of amides is 4. The number of halogens is 6. The minimum Gasteiger partial charge on any atom is -0.406 e. The molecule has 4 amide bonds. The summed E-state index contributed by atoms with van der Waals surface area (Å²) in [6, 6.07) is 28.0. The molecule has 2 aromatic carbocycles. The first-order valence-electron chi connectivity index (χ1n) is 24.4. The number of rotatable bonds is 24. The van der Waals surface area contributed by atoms with Gasteiger partial charge in [-0.1, -0.05) is 66.5 Å². The van der Waals surface area contributed by atoms with Crippen molar-refractivity contribution in [2.75, 3.05) is 21.3 Å². The van der Waals surface area contributed by atoms with Crippen molar-refractivity contribution in [2.24, 2.45) is 0 Å². The van der Waals surface area contributed by atoms with E-state index < -0.39 is 36.0 Å². The van der Waals surface area contributed by atoms with Crippen molar-refractivity contribution in [3.8, 4) is 11.5 Å². The molecule has 8 rings (SSSR count). The molecule has 4 N–H and O–H groups in total. The van der Waals surface area contributed by atoms with Crippen LogP contribution < -0.4 is 30.7 Å². The summed E-state index contributed by atoms with van der Waals surface area (Å²) in [4.78, 5) is 57.1. The average molecular weight is 1160 g/mol. The first-order valence-corrected chi connectivity index (χ1v) is 26.1. The van der Waals surface area contributed by atoms with Crippen LogP contribution >= 0.6 is 22.7 Å². The van der Waals surface area contributed by atoms with E-state index in [2.05, 4.69) is 81.5 Å². The molecular weight excluding hydrogens is 1110 g/mol. The first kappa shape index (κ1) is 61.3. The lowest BCUT2D eigenvalue weighted by molar-refractivity contribution is -0.275. The van der Waals surface area contributed by atoms with Crippen molar-refractivity contribution in [1.82, 2.24) is 50.8 Å². The molecule has 6 heterocycles. The van der Waals surface area contributed by atoms with Gasteiger partial charge in [-0.3, -0.25) is 29.1 Å². The normalized spacial score (nSPS) is 11.0. The zero-order valence-electron chi connectivity index (χ0n) is 42.0. The molecule has 0 fully saturated rings. The van der Waals surface area contributed by atoms with E-state index in [1.54, 1.807) is 60.9 Å². The summed E-state index contributed by atoms with van der Waals surface area (Å²) in [6.45, 7) is 0. The van der Waals surface area contributed by atoms with Gasteiger partial charge < -0.3 is 30.7 Å². The van der Waals surface area contributed by atoms with Gasteiger partial charge in [0.05, 0.1) is 37.1 Å². The molecule has 0 aliphatic carbocycles. The maximum absolute atomic E-state index is 12.4. The van der Waals surface area contributed by atoms with Crippen LogP contribution in [0.5, 0.6) is 11.5 Å². The molecule has 81 heavy (non-hydrogen) atoms. The number of pyridine rings is 2. The van der Waals surface area contributed by atoms with Crippen LogP contribution in [0, 0.1) is 0 Å². The smallest absolute Gasteiger partial charge is 0.406 e. The number of unbranched alkanes of at least 4 members (excludes halogenated alkanes) is 2. The van der Waals surface area contributed by atoms with E-state index in [0.717, 1.165) is 71.4 Å². The van der Waals surface area contributed by atoms with Crippen LogP contribution in [0.2, 0.25) is 0 Å². The predicted molar refractivity (Wildman–Crippen MR) is 288 cm³/mol. The highest BCUT2D eigenvalue weighted by Gasteiger charge is 2.32. The number of nitrogens with one attached hydrogen (secondary N) is 4. The third kappa shape index (κ3) is 23.1. The maximum Gasteiger partial charge on any atom is 0.573 e. The van der Waals surface area contributed by atoms with Gasteiger partial charge in [-0.25, -0.2) is 0 Å². The van der Waals surface area contributed by atoms with Crippen molar-refractivity contribution in [2.45, 2.75) is 97.2 Å². The Bertz CT molecular complexity index is 3050. The Morgan fingerprint density at radius 2 is 0.827 bits per heavy atom. The molecule has 20 nitrogen and oxygen atoms in total. The van der Waals surface area contributed by atoms with Crippen LogP contribution in [0.25, 0.3) is 0 Å². The summed E-state index contributed by atoms with van der Waals surface area (Å²) in [5.74, 6) is -1.61. The molecule has 0 atom stereocenters. The molecule has 8 aromatic rings. The number of benzene rings is 2. The quantitative estimate of drug-likeness (QED) is 0.0324. The second-order valence-corrected chi connectivity index (χ2v) is 19.3. The van der Waals surface area contributed by atoms with Gasteiger partial charge in [-0.2, -0.15) is 10.2 Å². The molecule has 0 radical (unpaired) electrons. The monoisotopic (exact) mass is 1160 g/mol. The number of nitrogens with zero attached hydrogens (tertiary/aromatic N) is 10. The van der Waals surface area contributed by atoms with Crippen molar-refractivity contribution >= 4 is 68.2 Å². The molecule has 424 valence electrons. The zero-order valence-corrected chi connectivity index (χ0v) is 43.7. The van der Waals surface area contributed by atoms with Crippen LogP contribution in [-0.4, -0.2) is 87.1 Å². The summed E-state index contributed by atoms with van der Waals surface area (Å²) in [5, 5.41) is 45.7. The number of carbonyl (C=O) groups is 4. The third-order valence-electron chi connectivity index (χ3n) is 10.7. The SMILES string of the molecule is C.O=C(Cc1cccc(OC(F)(F)F)c1)Nc1ccc(CCCCc2nnc(NC(=O)Cc3ccccn3)s2)nn1.O=C(Cc1cccc(OC(F)(F)F)c1)Nc1ccc(CCCCc2nnc(NC(=O)Cc3ccccn3)s2)nn1. The topological polar surface area (TPSA) is 264 Å². The van der Waals surface area contributed by atoms with Crippen LogP contribution in [0.4, 0.5) is 48.2 Å². The Morgan fingerprint density at radius 1 is 0.420 bits per heavy atom. The Labute approximate surface area is 467 Å². The molecule has 28 heteroatoms. The summed E-state index contributed by atoms with van der Waals surface area (Å²) < 4.78 is 82.1. The van der Waals surface area contributed by atoms with Gasteiger partial charge in [0, 0.05) is 36.6 Å². The van der Waals surface area contributed by atoms with Crippen LogP contribution in [0.1, 0.15) is 77.0 Å². The van der Waals surface area contributed by atoms with Crippen molar-refractivity contribution in [3.05, 3.63) is 166 Å². The van der Waals surface area contributed by atoms with Crippen LogP contribution in [-0.2, 0) is 70.5 Å². The van der Waals surface area contributed by atoms with Gasteiger partial charge in [0.1, 0.15) is 21.5 Å². The number of ether oxygens (including phenoxy) is 2. The minimum atomic E-state index is -4.81. The average Bonchev–Trinajstić information content (AvgIpc) is 4.06. The fourth-order valence-electron chi connectivity index (χ4n) is 7.21. The fraction of sp³-hybridized carbons (Fsp3) is 0.283. The van der Waals surface area contributed by atoms with E-state index in [1.807, 2.05) is 12.1 Å². The van der Waals surface area contributed by atoms with Gasteiger partial charge in [-0.15, -0.1) is 56.9 Å². The van der Waals surface area contributed by atoms with Crippen molar-refractivity contribution < 1.29 is 55.0 Å². The molecular formula is C53H52F6N14O6S2. The largest absolute Gasteiger partial charge is 0.573 e. The Balaban J connectivity index is 0.000000258. The summed E-state index contributed by atoms with van der Waals surface area (Å²) in [7, 11) is 0. The number of anilines is 4. The molecule has 0 spiro atoms. The molecule has 0 aliphatic heterocycles. The highest BCUT2D eigenvalue weighted by molar-refractivity contribution is 7.15.